The molecule has 4 nitrogen and oxygen atoms in total. The highest BCUT2D eigenvalue weighted by Gasteiger charge is 2.75. The molecule has 4 aliphatic carbocycles. The van der Waals surface area contributed by atoms with Gasteiger partial charge in [-0.15, -0.1) is 0 Å². The number of ether oxygens (including phenoxy) is 2. The number of epoxide rings is 1. The molecule has 1 heterocycles. The summed E-state index contributed by atoms with van der Waals surface area (Å²) in [7, 11) is 0. The summed E-state index contributed by atoms with van der Waals surface area (Å²) >= 11 is 0. The Morgan fingerprint density at radius 2 is 1.96 bits per heavy atom. The number of hydrogen-bond donors (Lipinski definition) is 0. The molecule has 0 aromatic rings. The normalized spacial score (nSPS) is 55.6. The second-order valence-corrected chi connectivity index (χ2v) is 9.54. The maximum Gasteiger partial charge on any atom is 0.302 e. The SMILES string of the molecule is CC(=O)OC1CCC2C3CCC45OC4C(=O)C=CC5(C)C3CCC12C. The van der Waals surface area contributed by atoms with E-state index in [0.717, 1.165) is 38.5 Å². The van der Waals surface area contributed by atoms with Crippen LogP contribution in [0.1, 0.15) is 59.3 Å². The van der Waals surface area contributed by atoms with Gasteiger partial charge in [0.25, 0.3) is 0 Å². The first-order valence-corrected chi connectivity index (χ1v) is 9.90. The summed E-state index contributed by atoms with van der Waals surface area (Å²) in [5.41, 5.74) is -0.122. The lowest BCUT2D eigenvalue weighted by Crippen LogP contribution is -2.57. The predicted octanol–water partition coefficient (Wildman–Crippen LogP) is 3.44. The third-order valence-corrected chi connectivity index (χ3v) is 8.74. The fourth-order valence-corrected chi connectivity index (χ4v) is 7.42. The van der Waals surface area contributed by atoms with Gasteiger partial charge in [-0.3, -0.25) is 9.59 Å². The van der Waals surface area contributed by atoms with E-state index in [1.807, 2.05) is 0 Å². The summed E-state index contributed by atoms with van der Waals surface area (Å²) < 4.78 is 11.8. The van der Waals surface area contributed by atoms with Crippen molar-refractivity contribution in [1.82, 2.24) is 0 Å². The highest BCUT2D eigenvalue weighted by molar-refractivity contribution is 5.98. The van der Waals surface area contributed by atoms with E-state index in [9.17, 15) is 9.59 Å². The Bertz CT molecular complexity index is 683. The summed E-state index contributed by atoms with van der Waals surface area (Å²) in [6.07, 6.45) is 10.4. The van der Waals surface area contributed by atoms with Crippen LogP contribution in [-0.4, -0.2) is 29.6 Å². The van der Waals surface area contributed by atoms with Crippen molar-refractivity contribution >= 4 is 11.8 Å². The predicted molar refractivity (Wildman–Crippen MR) is 91.7 cm³/mol. The minimum absolute atomic E-state index is 0.0185. The fourth-order valence-electron chi connectivity index (χ4n) is 7.42. The van der Waals surface area contributed by atoms with Crippen molar-refractivity contribution in [1.29, 1.82) is 0 Å². The van der Waals surface area contributed by atoms with Crippen molar-refractivity contribution in [2.45, 2.75) is 77.1 Å². The van der Waals surface area contributed by atoms with Crippen molar-refractivity contribution in [3.8, 4) is 0 Å². The molecule has 0 N–H and O–H groups in total. The Morgan fingerprint density at radius 1 is 1.16 bits per heavy atom. The Kier molecular flexibility index (Phi) is 3.06. The van der Waals surface area contributed by atoms with Crippen molar-refractivity contribution in [3.05, 3.63) is 12.2 Å². The Balaban J connectivity index is 1.47. The monoisotopic (exact) mass is 344 g/mol. The molecule has 0 aromatic carbocycles. The van der Waals surface area contributed by atoms with E-state index in [4.69, 9.17) is 9.47 Å². The molecular formula is C21H28O4. The van der Waals surface area contributed by atoms with E-state index in [1.54, 1.807) is 6.08 Å². The quantitative estimate of drug-likeness (QED) is 0.540. The smallest absolute Gasteiger partial charge is 0.302 e. The van der Waals surface area contributed by atoms with Gasteiger partial charge in [0.2, 0.25) is 0 Å². The molecule has 1 spiro atoms. The van der Waals surface area contributed by atoms with Gasteiger partial charge in [-0.1, -0.05) is 19.9 Å². The zero-order chi connectivity index (χ0) is 17.6. The molecule has 4 heteroatoms. The highest BCUT2D eigenvalue weighted by Crippen LogP contribution is 2.71. The van der Waals surface area contributed by atoms with Crippen LogP contribution in [0.2, 0.25) is 0 Å². The number of fused-ring (bicyclic) bond motifs is 4. The first kappa shape index (κ1) is 16.0. The lowest BCUT2D eigenvalue weighted by Gasteiger charge is -2.57. The van der Waals surface area contributed by atoms with Crippen LogP contribution in [-0.2, 0) is 19.1 Å². The molecule has 0 bridgehead atoms. The number of carbonyl (C=O) groups is 2. The number of rotatable bonds is 1. The van der Waals surface area contributed by atoms with Crippen molar-refractivity contribution in [3.63, 3.8) is 0 Å². The van der Waals surface area contributed by atoms with Gasteiger partial charge >= 0.3 is 5.97 Å². The molecule has 0 aromatic heterocycles. The largest absolute Gasteiger partial charge is 0.462 e. The summed E-state index contributed by atoms with van der Waals surface area (Å²) in [6, 6.07) is 0. The standard InChI is InChI=1S/C21H28O4/c1-12(22)24-17-5-4-14-13-6-11-21-18(25-21)16(23)8-10-20(21,3)15(13)7-9-19(14,17)2/h8,10,13-15,17-18H,4-7,9,11H2,1-3H3. The van der Waals surface area contributed by atoms with E-state index in [1.165, 1.54) is 6.92 Å². The third-order valence-electron chi connectivity index (χ3n) is 8.74. The van der Waals surface area contributed by atoms with E-state index in [0.29, 0.717) is 17.8 Å². The zero-order valence-electron chi connectivity index (χ0n) is 15.4. The molecule has 3 saturated carbocycles. The van der Waals surface area contributed by atoms with Crippen molar-refractivity contribution in [2.75, 3.05) is 0 Å². The summed E-state index contributed by atoms with van der Waals surface area (Å²) in [5.74, 6) is 1.86. The van der Waals surface area contributed by atoms with Gasteiger partial charge in [0.1, 0.15) is 11.7 Å². The molecule has 5 aliphatic rings. The summed E-state index contributed by atoms with van der Waals surface area (Å²) in [4.78, 5) is 23.6. The number of carbonyl (C=O) groups excluding carboxylic acids is 2. The molecule has 8 unspecified atom stereocenters. The lowest BCUT2D eigenvalue weighted by molar-refractivity contribution is -0.158. The summed E-state index contributed by atoms with van der Waals surface area (Å²) in [5, 5.41) is 0. The average molecular weight is 344 g/mol. The Labute approximate surface area is 149 Å². The molecule has 1 aliphatic heterocycles. The number of ketones is 1. The number of hydrogen-bond acceptors (Lipinski definition) is 4. The van der Waals surface area contributed by atoms with Gasteiger partial charge in [0.05, 0.1) is 0 Å². The topological polar surface area (TPSA) is 55.9 Å². The van der Waals surface area contributed by atoms with Gasteiger partial charge in [-0.05, 0) is 62.4 Å². The van der Waals surface area contributed by atoms with Gasteiger partial charge in [-0.2, -0.15) is 0 Å². The molecule has 4 fully saturated rings. The average Bonchev–Trinajstić information content (AvgIpc) is 3.22. The van der Waals surface area contributed by atoms with E-state index in [-0.39, 0.29) is 40.4 Å². The van der Waals surface area contributed by atoms with Gasteiger partial charge in [0, 0.05) is 17.8 Å². The van der Waals surface area contributed by atoms with Crippen LogP contribution in [0.25, 0.3) is 0 Å². The van der Waals surface area contributed by atoms with Crippen LogP contribution >= 0.6 is 0 Å². The second kappa shape index (κ2) is 4.76. The number of esters is 1. The Morgan fingerprint density at radius 3 is 2.72 bits per heavy atom. The van der Waals surface area contributed by atoms with Crippen LogP contribution < -0.4 is 0 Å². The molecule has 0 radical (unpaired) electrons. The van der Waals surface area contributed by atoms with Crippen LogP contribution in [0.5, 0.6) is 0 Å². The van der Waals surface area contributed by atoms with E-state index >= 15 is 0 Å². The summed E-state index contributed by atoms with van der Waals surface area (Å²) in [6.45, 7) is 6.20. The van der Waals surface area contributed by atoms with Crippen LogP contribution in [0.3, 0.4) is 0 Å². The first-order valence-electron chi connectivity index (χ1n) is 9.90. The van der Waals surface area contributed by atoms with Crippen molar-refractivity contribution < 1.29 is 19.1 Å². The lowest BCUT2D eigenvalue weighted by atomic mass is 9.46. The molecular weight excluding hydrogens is 316 g/mol. The van der Waals surface area contributed by atoms with Gasteiger partial charge < -0.3 is 9.47 Å². The minimum Gasteiger partial charge on any atom is -0.462 e. The van der Waals surface area contributed by atoms with Crippen LogP contribution in [0, 0.1) is 28.6 Å². The van der Waals surface area contributed by atoms with Crippen molar-refractivity contribution in [2.24, 2.45) is 28.6 Å². The molecule has 1 saturated heterocycles. The third kappa shape index (κ3) is 1.82. The molecule has 25 heavy (non-hydrogen) atoms. The minimum atomic E-state index is -0.221. The van der Waals surface area contributed by atoms with E-state index < -0.39 is 0 Å². The van der Waals surface area contributed by atoms with Crippen LogP contribution in [0.15, 0.2) is 12.2 Å². The maximum absolute atomic E-state index is 12.1. The second-order valence-electron chi connectivity index (χ2n) is 9.54. The zero-order valence-corrected chi connectivity index (χ0v) is 15.4. The fraction of sp³-hybridized carbons (Fsp3) is 0.810. The van der Waals surface area contributed by atoms with Gasteiger partial charge in [0.15, 0.2) is 11.9 Å². The highest BCUT2D eigenvalue weighted by atomic mass is 16.6. The van der Waals surface area contributed by atoms with E-state index in [2.05, 4.69) is 19.9 Å². The van der Waals surface area contributed by atoms with Gasteiger partial charge in [-0.25, -0.2) is 0 Å². The maximum atomic E-state index is 12.1. The molecule has 8 atom stereocenters. The molecule has 0 amide bonds. The first-order chi connectivity index (χ1) is 11.8. The molecule has 5 rings (SSSR count). The Hall–Kier alpha value is -1.16. The van der Waals surface area contributed by atoms with Crippen LogP contribution in [0.4, 0.5) is 0 Å². The molecule has 136 valence electrons.